The first-order valence-electron chi connectivity index (χ1n) is 10.8. The molecule has 0 amide bonds. The van der Waals surface area contributed by atoms with Gasteiger partial charge in [-0.2, -0.15) is 0 Å². The largest absolute Gasteiger partial charge is 0.0745 e. The molecule has 0 N–H and O–H groups in total. The summed E-state index contributed by atoms with van der Waals surface area (Å²) >= 11 is 0. The first-order valence-corrected chi connectivity index (χ1v) is 12.6. The maximum absolute atomic E-state index is 2.53. The Morgan fingerprint density at radius 3 is 0.933 bits per heavy atom. The molecule has 0 fully saturated rings. The zero-order chi connectivity index (χ0) is 21.5. The third-order valence-corrected chi connectivity index (χ3v) is 8.86. The van der Waals surface area contributed by atoms with Crippen LogP contribution in [-0.2, 0) is 0 Å². The molecule has 0 saturated carbocycles. The van der Waals surface area contributed by atoms with E-state index < -0.39 is 6.89 Å². The molecule has 0 aliphatic rings. The normalized spacial score (nSPS) is 9.97. The van der Waals surface area contributed by atoms with Crippen LogP contribution in [0.2, 0.25) is 0 Å². The summed E-state index contributed by atoms with van der Waals surface area (Å²) in [5.74, 6) is 2.53. The third-order valence-electron chi connectivity index (χ3n) is 4.61. The van der Waals surface area contributed by atoms with Crippen LogP contribution in [0.1, 0.15) is 27.2 Å². The first-order chi connectivity index (χ1) is 14.9. The summed E-state index contributed by atoms with van der Waals surface area (Å²) in [5, 5.41) is 4.28. The topological polar surface area (TPSA) is 0 Å². The van der Waals surface area contributed by atoms with Gasteiger partial charge in [0, 0.05) is 0 Å². The van der Waals surface area contributed by atoms with Crippen molar-refractivity contribution in [1.29, 1.82) is 0 Å². The SMILES string of the molecule is CC.CCC=P(c1ccccc1)(c1ccccc1)c1ccccc1.c1ccccc1. The lowest BCUT2D eigenvalue weighted by Crippen LogP contribution is -2.26. The van der Waals surface area contributed by atoms with Gasteiger partial charge in [-0.3, -0.25) is 0 Å². The van der Waals surface area contributed by atoms with E-state index in [-0.39, 0.29) is 0 Å². The molecule has 154 valence electrons. The van der Waals surface area contributed by atoms with Crippen molar-refractivity contribution >= 4 is 28.6 Å². The second kappa shape index (κ2) is 13.4. The molecular formula is C29H33P. The Bertz CT molecular complexity index is 845. The summed E-state index contributed by atoms with van der Waals surface area (Å²) in [6.45, 7) is 4.56. The number of benzene rings is 4. The molecule has 0 spiro atoms. The van der Waals surface area contributed by atoms with Crippen molar-refractivity contribution in [3.8, 4) is 0 Å². The summed E-state index contributed by atoms with van der Waals surface area (Å²) in [6, 6.07) is 44.9. The predicted octanol–water partition coefficient (Wildman–Crippen LogP) is 6.91. The van der Waals surface area contributed by atoms with Gasteiger partial charge in [-0.15, -0.1) is 0 Å². The van der Waals surface area contributed by atoms with E-state index in [1.54, 1.807) is 0 Å². The van der Waals surface area contributed by atoms with E-state index in [4.69, 9.17) is 0 Å². The Morgan fingerprint density at radius 1 is 0.467 bits per heavy atom. The molecule has 0 saturated heterocycles. The number of hydrogen-bond donors (Lipinski definition) is 0. The maximum atomic E-state index is 2.53. The standard InChI is InChI=1S/C21H21P.C6H6.C2H6/c1-2-18-22(19-12-6-3-7-13-19,20-14-8-4-9-15-20)21-16-10-5-11-17-21;1-2-4-6-5-3-1;1-2/h3-18H,2H2,1H3;1-6H;1-2H3. The lowest BCUT2D eigenvalue weighted by Gasteiger charge is -2.28. The van der Waals surface area contributed by atoms with Crippen molar-refractivity contribution in [2.45, 2.75) is 27.2 Å². The van der Waals surface area contributed by atoms with Gasteiger partial charge in [0.1, 0.15) is 0 Å². The smallest absolute Gasteiger partial charge is 0.0163 e. The Kier molecular flexibility index (Phi) is 10.5. The fraction of sp³-hybridized carbons (Fsp3) is 0.138. The van der Waals surface area contributed by atoms with Crippen LogP contribution >= 0.6 is 6.89 Å². The van der Waals surface area contributed by atoms with Gasteiger partial charge in [-0.25, -0.2) is 0 Å². The molecule has 0 nitrogen and oxygen atoms in total. The van der Waals surface area contributed by atoms with Crippen LogP contribution in [0.25, 0.3) is 0 Å². The minimum absolute atomic E-state index is 1.06. The highest BCUT2D eigenvalue weighted by Gasteiger charge is 2.23. The predicted molar refractivity (Wildman–Crippen MR) is 139 cm³/mol. The highest BCUT2D eigenvalue weighted by molar-refractivity contribution is 7.94. The van der Waals surface area contributed by atoms with Gasteiger partial charge >= 0.3 is 0 Å². The molecular weight excluding hydrogens is 379 g/mol. The van der Waals surface area contributed by atoms with Crippen LogP contribution in [-0.4, -0.2) is 5.80 Å². The van der Waals surface area contributed by atoms with E-state index in [0.717, 1.165) is 6.42 Å². The molecule has 0 radical (unpaired) electrons. The maximum Gasteiger partial charge on any atom is -0.0163 e. The van der Waals surface area contributed by atoms with Crippen molar-refractivity contribution < 1.29 is 0 Å². The molecule has 4 aromatic rings. The van der Waals surface area contributed by atoms with Crippen molar-refractivity contribution in [3.05, 3.63) is 127 Å². The van der Waals surface area contributed by atoms with Gasteiger partial charge in [0.15, 0.2) is 0 Å². The second-order valence-electron chi connectivity index (χ2n) is 6.47. The fourth-order valence-electron chi connectivity index (χ4n) is 3.41. The van der Waals surface area contributed by atoms with Crippen LogP contribution < -0.4 is 15.9 Å². The molecule has 30 heavy (non-hydrogen) atoms. The van der Waals surface area contributed by atoms with Gasteiger partial charge in [0.05, 0.1) is 0 Å². The fourth-order valence-corrected chi connectivity index (χ4v) is 7.41. The molecule has 4 aromatic carbocycles. The van der Waals surface area contributed by atoms with Gasteiger partial charge in [-0.1, -0.05) is 154 Å². The van der Waals surface area contributed by atoms with Crippen molar-refractivity contribution in [1.82, 2.24) is 0 Å². The average molecular weight is 413 g/mol. The van der Waals surface area contributed by atoms with Gasteiger partial charge in [0.25, 0.3) is 0 Å². The highest BCUT2D eigenvalue weighted by Crippen LogP contribution is 2.43. The lowest BCUT2D eigenvalue weighted by atomic mass is 10.4. The quantitative estimate of drug-likeness (QED) is 0.320. The van der Waals surface area contributed by atoms with Gasteiger partial charge in [0.2, 0.25) is 0 Å². The monoisotopic (exact) mass is 412 g/mol. The van der Waals surface area contributed by atoms with E-state index in [0.29, 0.717) is 0 Å². The van der Waals surface area contributed by atoms with E-state index in [9.17, 15) is 0 Å². The minimum atomic E-state index is -1.68. The minimum Gasteiger partial charge on any atom is -0.0745 e. The molecule has 1 heteroatoms. The molecule has 0 aliphatic heterocycles. The Labute approximate surface area is 183 Å². The Morgan fingerprint density at radius 2 is 0.700 bits per heavy atom. The highest BCUT2D eigenvalue weighted by atomic mass is 31.2. The van der Waals surface area contributed by atoms with Crippen LogP contribution in [0.5, 0.6) is 0 Å². The number of rotatable bonds is 4. The van der Waals surface area contributed by atoms with E-state index in [1.165, 1.54) is 15.9 Å². The Hall–Kier alpha value is -2.82. The van der Waals surface area contributed by atoms with E-state index >= 15 is 0 Å². The molecule has 0 atom stereocenters. The summed E-state index contributed by atoms with van der Waals surface area (Å²) < 4.78 is 0. The molecule has 0 bridgehead atoms. The van der Waals surface area contributed by atoms with Crippen molar-refractivity contribution in [2.75, 3.05) is 0 Å². The third kappa shape index (κ3) is 6.09. The van der Waals surface area contributed by atoms with Crippen molar-refractivity contribution in [2.24, 2.45) is 0 Å². The second-order valence-corrected chi connectivity index (χ2v) is 9.83. The zero-order valence-electron chi connectivity index (χ0n) is 18.4. The Balaban J connectivity index is 0.000000340. The molecule has 0 aliphatic carbocycles. The molecule has 0 unspecified atom stereocenters. The lowest BCUT2D eigenvalue weighted by molar-refractivity contribution is 1.35. The average Bonchev–Trinajstić information content (AvgIpc) is 2.87. The van der Waals surface area contributed by atoms with E-state index in [1.807, 2.05) is 50.2 Å². The summed E-state index contributed by atoms with van der Waals surface area (Å²) in [7, 11) is 0. The molecule has 4 rings (SSSR count). The van der Waals surface area contributed by atoms with Crippen LogP contribution in [0.3, 0.4) is 0 Å². The molecule has 0 aromatic heterocycles. The molecule has 0 heterocycles. The van der Waals surface area contributed by atoms with E-state index in [2.05, 4.69) is 104 Å². The van der Waals surface area contributed by atoms with Crippen LogP contribution in [0.15, 0.2) is 127 Å². The van der Waals surface area contributed by atoms with Crippen LogP contribution in [0, 0.1) is 0 Å². The number of hydrogen-bond acceptors (Lipinski definition) is 0. The van der Waals surface area contributed by atoms with Crippen LogP contribution in [0.4, 0.5) is 0 Å². The summed E-state index contributed by atoms with van der Waals surface area (Å²) in [6.07, 6.45) is 1.06. The van der Waals surface area contributed by atoms with Crippen molar-refractivity contribution in [3.63, 3.8) is 0 Å². The van der Waals surface area contributed by atoms with Gasteiger partial charge < -0.3 is 0 Å². The zero-order valence-corrected chi connectivity index (χ0v) is 19.3. The first kappa shape index (κ1) is 23.5. The summed E-state index contributed by atoms with van der Waals surface area (Å²) in [5.41, 5.74) is 0. The van der Waals surface area contributed by atoms with Gasteiger partial charge in [-0.05, 0) is 29.2 Å². The summed E-state index contributed by atoms with van der Waals surface area (Å²) in [4.78, 5) is 0.